The molecule has 0 bridgehead atoms. The molecule has 0 amide bonds. The Labute approximate surface area is 96.2 Å². The molecule has 0 aliphatic heterocycles. The van der Waals surface area contributed by atoms with Crippen molar-refractivity contribution in [1.82, 2.24) is 10.2 Å². The van der Waals surface area contributed by atoms with Crippen LogP contribution in [0.3, 0.4) is 0 Å². The fourth-order valence-electron chi connectivity index (χ4n) is 0.496. The summed E-state index contributed by atoms with van der Waals surface area (Å²) in [5.41, 5.74) is 0. The Morgan fingerprint density at radius 3 is 2.42 bits per heavy atom. The van der Waals surface area contributed by atoms with Gasteiger partial charge in [-0.25, -0.2) is 0 Å². The monoisotopic (exact) mass is 218 g/mol. The molecule has 8 heteroatoms. The van der Waals surface area contributed by atoms with Gasteiger partial charge in [0, 0.05) is 0 Å². The van der Waals surface area contributed by atoms with E-state index in [1.807, 2.05) is 0 Å². The predicted octanol–water partition coefficient (Wildman–Crippen LogP) is -0.272. The molecule has 1 aromatic heterocycles. The Bertz CT molecular complexity index is 368. The van der Waals surface area contributed by atoms with Crippen molar-refractivity contribution >= 4 is 51.3 Å². The molecule has 1 aromatic rings. The molecule has 5 nitrogen and oxygen atoms in total. The van der Waals surface area contributed by atoms with E-state index in [0.29, 0.717) is 0 Å². The fraction of sp³-hybridized carbons (Fsp3) is 0. The standard InChI is InChI=1S/C4H3ClN2O3S.Na.H/c5-4-3(11(8,9)10)1-2-6-7-4;;/h1-2H,(H,8,9,10);;. The predicted molar refractivity (Wildman–Crippen MR) is 44.0 cm³/mol. The number of rotatable bonds is 1. The van der Waals surface area contributed by atoms with Crippen LogP contribution < -0.4 is 0 Å². The van der Waals surface area contributed by atoms with E-state index in [9.17, 15) is 8.42 Å². The van der Waals surface area contributed by atoms with Gasteiger partial charge >= 0.3 is 29.6 Å². The van der Waals surface area contributed by atoms with E-state index >= 15 is 0 Å². The molecule has 1 rings (SSSR count). The van der Waals surface area contributed by atoms with E-state index in [0.717, 1.165) is 12.3 Å². The Morgan fingerprint density at radius 1 is 1.50 bits per heavy atom. The second-order valence-electron chi connectivity index (χ2n) is 1.66. The molecule has 0 saturated carbocycles. The van der Waals surface area contributed by atoms with Crippen LogP contribution >= 0.6 is 11.6 Å². The molecule has 0 fully saturated rings. The molecule has 0 radical (unpaired) electrons. The zero-order valence-corrected chi connectivity index (χ0v) is 6.67. The molecule has 0 aliphatic rings. The summed E-state index contributed by atoms with van der Waals surface area (Å²) in [7, 11) is -4.27. The summed E-state index contributed by atoms with van der Waals surface area (Å²) in [4.78, 5) is -0.436. The van der Waals surface area contributed by atoms with Gasteiger partial charge in [0.25, 0.3) is 10.1 Å². The van der Waals surface area contributed by atoms with Gasteiger partial charge in [-0.2, -0.15) is 13.5 Å². The molecule has 0 aliphatic carbocycles. The zero-order chi connectivity index (χ0) is 8.48. The minimum absolute atomic E-state index is 0. The molecule has 62 valence electrons. The number of hydrogen-bond donors (Lipinski definition) is 1. The van der Waals surface area contributed by atoms with Gasteiger partial charge in [0.15, 0.2) is 5.15 Å². The Morgan fingerprint density at radius 2 is 2.08 bits per heavy atom. The van der Waals surface area contributed by atoms with E-state index in [2.05, 4.69) is 10.2 Å². The number of nitrogens with zero attached hydrogens (tertiary/aromatic N) is 2. The van der Waals surface area contributed by atoms with Crippen LogP contribution in [0.4, 0.5) is 0 Å². The summed E-state index contributed by atoms with van der Waals surface area (Å²) >= 11 is 5.30. The van der Waals surface area contributed by atoms with Crippen LogP contribution in [0.1, 0.15) is 0 Å². The summed E-state index contributed by atoms with van der Waals surface area (Å²) in [5, 5.41) is 6.18. The van der Waals surface area contributed by atoms with Crippen LogP contribution in [-0.2, 0) is 10.1 Å². The Kier molecular flexibility index (Phi) is 4.60. The molecule has 0 unspecified atom stereocenters. The van der Waals surface area contributed by atoms with Gasteiger partial charge in [-0.05, 0) is 6.07 Å². The Hall–Kier alpha value is 0.280. The SMILES string of the molecule is O=S(=O)(O)c1ccnnc1Cl.[NaH]. The Balaban J connectivity index is 0.00000121. The van der Waals surface area contributed by atoms with Crippen LogP contribution in [0.5, 0.6) is 0 Å². The second-order valence-corrected chi connectivity index (χ2v) is 3.41. The van der Waals surface area contributed by atoms with Gasteiger partial charge in [-0.1, -0.05) is 11.6 Å². The van der Waals surface area contributed by atoms with Crippen LogP contribution in [0.2, 0.25) is 5.15 Å². The molecule has 0 saturated heterocycles. The van der Waals surface area contributed by atoms with Crippen molar-refractivity contribution in [3.05, 3.63) is 17.4 Å². The van der Waals surface area contributed by atoms with Crippen molar-refractivity contribution < 1.29 is 13.0 Å². The van der Waals surface area contributed by atoms with Crippen molar-refractivity contribution in [2.75, 3.05) is 0 Å². The van der Waals surface area contributed by atoms with Crippen molar-refractivity contribution in [2.45, 2.75) is 4.90 Å². The van der Waals surface area contributed by atoms with Crippen LogP contribution in [0.25, 0.3) is 0 Å². The number of hydrogen-bond acceptors (Lipinski definition) is 4. The van der Waals surface area contributed by atoms with Gasteiger partial charge < -0.3 is 0 Å². The first-order valence-electron chi connectivity index (χ1n) is 2.46. The normalized spacial score (nSPS) is 10.5. The van der Waals surface area contributed by atoms with Gasteiger partial charge in [0.2, 0.25) is 0 Å². The minimum atomic E-state index is -4.27. The fourth-order valence-corrected chi connectivity index (χ4v) is 1.38. The van der Waals surface area contributed by atoms with Crippen molar-refractivity contribution in [3.63, 3.8) is 0 Å². The van der Waals surface area contributed by atoms with E-state index < -0.39 is 15.0 Å². The van der Waals surface area contributed by atoms with Gasteiger partial charge in [-0.15, -0.1) is 5.10 Å². The summed E-state index contributed by atoms with van der Waals surface area (Å²) < 4.78 is 29.4. The van der Waals surface area contributed by atoms with Crippen LogP contribution in [0, 0.1) is 0 Å². The summed E-state index contributed by atoms with van der Waals surface area (Å²) in [6, 6.07) is 1.06. The zero-order valence-electron chi connectivity index (χ0n) is 5.10. The first-order valence-corrected chi connectivity index (χ1v) is 4.28. The van der Waals surface area contributed by atoms with Gasteiger partial charge in [0.05, 0.1) is 6.20 Å². The van der Waals surface area contributed by atoms with Crippen LogP contribution in [0.15, 0.2) is 17.2 Å². The van der Waals surface area contributed by atoms with E-state index in [1.54, 1.807) is 0 Å². The molecule has 1 heterocycles. The summed E-state index contributed by atoms with van der Waals surface area (Å²) in [5.74, 6) is 0. The van der Waals surface area contributed by atoms with E-state index in [1.165, 1.54) is 0 Å². The number of aromatic nitrogens is 2. The molecule has 1 N–H and O–H groups in total. The van der Waals surface area contributed by atoms with E-state index in [4.69, 9.17) is 16.2 Å². The van der Waals surface area contributed by atoms with Crippen molar-refractivity contribution in [2.24, 2.45) is 0 Å². The molecular formula is C4H4ClN2NaO3S. The average Bonchev–Trinajstić information content (AvgIpc) is 1.86. The maximum atomic E-state index is 10.5. The van der Waals surface area contributed by atoms with Crippen molar-refractivity contribution in [1.29, 1.82) is 0 Å². The second kappa shape index (κ2) is 4.50. The summed E-state index contributed by atoms with van der Waals surface area (Å²) in [6.45, 7) is 0. The first kappa shape index (κ1) is 12.3. The molecular weight excluding hydrogens is 215 g/mol. The van der Waals surface area contributed by atoms with Gasteiger partial charge in [0.1, 0.15) is 4.90 Å². The molecule has 12 heavy (non-hydrogen) atoms. The van der Waals surface area contributed by atoms with E-state index in [-0.39, 0.29) is 34.7 Å². The molecule has 0 spiro atoms. The number of halogens is 1. The molecule has 0 atom stereocenters. The quantitative estimate of drug-likeness (QED) is 0.518. The van der Waals surface area contributed by atoms with Crippen LogP contribution in [-0.4, -0.2) is 52.7 Å². The molecule has 0 aromatic carbocycles. The topological polar surface area (TPSA) is 80.2 Å². The third-order valence-corrected chi connectivity index (χ3v) is 2.20. The maximum absolute atomic E-state index is 10.5. The average molecular weight is 219 g/mol. The third-order valence-electron chi connectivity index (χ3n) is 0.919. The first-order chi connectivity index (χ1) is 5.02. The summed E-state index contributed by atoms with van der Waals surface area (Å²) in [6.07, 6.45) is 1.12. The third kappa shape index (κ3) is 2.96. The van der Waals surface area contributed by atoms with Crippen molar-refractivity contribution in [3.8, 4) is 0 Å². The van der Waals surface area contributed by atoms with Gasteiger partial charge in [-0.3, -0.25) is 4.55 Å².